The molecule has 1 aliphatic heterocycles. The first-order valence-electron chi connectivity index (χ1n) is 8.38. The van der Waals surface area contributed by atoms with E-state index >= 15 is 0 Å². The van der Waals surface area contributed by atoms with Crippen LogP contribution in [0.2, 0.25) is 0 Å². The maximum Gasteiger partial charge on any atom is 0.269 e. The number of aryl methyl sites for hydroxylation is 1. The van der Waals surface area contributed by atoms with Gasteiger partial charge in [0.25, 0.3) is 5.92 Å². The molecule has 3 nitrogen and oxygen atoms in total. The molecule has 0 bridgehead atoms. The molecule has 1 saturated heterocycles. The highest BCUT2D eigenvalue weighted by atomic mass is 19.3. The minimum absolute atomic E-state index is 0.239. The third-order valence-electron chi connectivity index (χ3n) is 4.04. The Balaban J connectivity index is 0.00000109. The van der Waals surface area contributed by atoms with E-state index in [9.17, 15) is 13.2 Å². The van der Waals surface area contributed by atoms with Gasteiger partial charge < -0.3 is 9.64 Å². The molecule has 136 valence electrons. The number of halogens is 3. The second-order valence-electron chi connectivity index (χ2n) is 5.91. The molecule has 6 heteroatoms. The van der Waals surface area contributed by atoms with E-state index in [-0.39, 0.29) is 18.9 Å². The lowest BCUT2D eigenvalue weighted by molar-refractivity contribution is -0.0138. The molecular weight excluding hydrogens is 329 g/mol. The number of ether oxygens (including phenoxy) is 1. The van der Waals surface area contributed by atoms with E-state index in [1.807, 2.05) is 13.8 Å². The van der Waals surface area contributed by atoms with Gasteiger partial charge in [-0.1, -0.05) is 26.8 Å². The zero-order valence-corrected chi connectivity index (χ0v) is 14.9. The van der Waals surface area contributed by atoms with Crippen molar-refractivity contribution in [1.29, 1.82) is 0 Å². The summed E-state index contributed by atoms with van der Waals surface area (Å²) in [5.41, 5.74) is 0.529. The van der Waals surface area contributed by atoms with Crippen molar-refractivity contribution < 1.29 is 17.9 Å². The van der Waals surface area contributed by atoms with Crippen molar-refractivity contribution >= 4 is 5.82 Å². The molecule has 0 aliphatic carbocycles. The standard InChI is InChI=1S/C17H17F3N2O.C2H6/c1-11-3-4-13(7-15(11)18)23-14-5-6-21-16(8-14)22-9-12(2)17(19,20)10-22;1-2/h3-8,12H,9-10H2,1-2H3;1-2H3. The number of anilines is 1. The molecule has 1 aliphatic rings. The third-order valence-corrected chi connectivity index (χ3v) is 4.04. The number of aromatic nitrogens is 1. The average Bonchev–Trinajstić information content (AvgIpc) is 2.87. The number of hydrogen-bond acceptors (Lipinski definition) is 3. The normalized spacial score (nSPS) is 18.5. The smallest absolute Gasteiger partial charge is 0.269 e. The number of hydrogen-bond donors (Lipinski definition) is 0. The molecular formula is C19H23F3N2O. The minimum atomic E-state index is -2.72. The molecule has 3 rings (SSSR count). The molecule has 1 aromatic carbocycles. The SMILES string of the molecule is CC.Cc1ccc(Oc2ccnc(N3CC(C)C(F)(F)C3)c2)cc1F. The fourth-order valence-corrected chi connectivity index (χ4v) is 2.52. The highest BCUT2D eigenvalue weighted by Crippen LogP contribution is 2.35. The van der Waals surface area contributed by atoms with Gasteiger partial charge in [-0.3, -0.25) is 0 Å². The predicted molar refractivity (Wildman–Crippen MR) is 93.1 cm³/mol. The van der Waals surface area contributed by atoms with Crippen molar-refractivity contribution in [2.24, 2.45) is 5.92 Å². The Kier molecular flexibility index (Phi) is 5.93. The van der Waals surface area contributed by atoms with Gasteiger partial charge in [-0.05, 0) is 24.6 Å². The van der Waals surface area contributed by atoms with Gasteiger partial charge in [0.15, 0.2) is 0 Å². The molecule has 25 heavy (non-hydrogen) atoms. The third kappa shape index (κ3) is 4.44. The highest BCUT2D eigenvalue weighted by molar-refractivity contribution is 5.46. The lowest BCUT2D eigenvalue weighted by atomic mass is 10.1. The Morgan fingerprint density at radius 1 is 1.16 bits per heavy atom. The van der Waals surface area contributed by atoms with Crippen LogP contribution in [0, 0.1) is 18.7 Å². The monoisotopic (exact) mass is 352 g/mol. The molecule has 2 aromatic rings. The van der Waals surface area contributed by atoms with Crippen molar-refractivity contribution in [3.63, 3.8) is 0 Å². The number of nitrogens with zero attached hydrogens (tertiary/aromatic N) is 2. The van der Waals surface area contributed by atoms with Gasteiger partial charge in [-0.2, -0.15) is 0 Å². The van der Waals surface area contributed by atoms with Gasteiger partial charge in [0.1, 0.15) is 23.1 Å². The Bertz CT molecular complexity index is 722. The summed E-state index contributed by atoms with van der Waals surface area (Å²) in [6.07, 6.45) is 1.50. The van der Waals surface area contributed by atoms with Crippen LogP contribution in [-0.4, -0.2) is 24.0 Å². The van der Waals surface area contributed by atoms with Gasteiger partial charge in [-0.25, -0.2) is 18.2 Å². The van der Waals surface area contributed by atoms with E-state index in [0.717, 1.165) is 0 Å². The maximum absolute atomic E-state index is 13.7. The van der Waals surface area contributed by atoms with E-state index in [1.165, 1.54) is 24.1 Å². The molecule has 0 radical (unpaired) electrons. The Labute approximate surface area is 146 Å². The zero-order chi connectivity index (χ0) is 18.6. The van der Waals surface area contributed by atoms with Crippen LogP contribution in [-0.2, 0) is 0 Å². The van der Waals surface area contributed by atoms with Crippen molar-refractivity contribution in [2.45, 2.75) is 33.6 Å². The molecule has 1 atom stereocenters. The summed E-state index contributed by atoms with van der Waals surface area (Å²) in [6, 6.07) is 7.77. The number of pyridine rings is 1. The summed E-state index contributed by atoms with van der Waals surface area (Å²) < 4.78 is 46.5. The summed E-state index contributed by atoms with van der Waals surface area (Å²) >= 11 is 0. The van der Waals surface area contributed by atoms with E-state index in [0.29, 0.717) is 22.9 Å². The largest absolute Gasteiger partial charge is 0.457 e. The summed E-state index contributed by atoms with van der Waals surface area (Å²) in [6.45, 7) is 7.07. The number of alkyl halides is 2. The van der Waals surface area contributed by atoms with Gasteiger partial charge >= 0.3 is 0 Å². The van der Waals surface area contributed by atoms with Gasteiger partial charge in [0.05, 0.1) is 6.54 Å². The fraction of sp³-hybridized carbons (Fsp3) is 0.421. The predicted octanol–water partition coefficient (Wildman–Crippen LogP) is 5.44. The quantitative estimate of drug-likeness (QED) is 0.735. The zero-order valence-electron chi connectivity index (χ0n) is 14.9. The maximum atomic E-state index is 13.7. The first-order valence-corrected chi connectivity index (χ1v) is 8.38. The molecule has 2 heterocycles. The molecule has 1 aromatic heterocycles. The molecule has 0 N–H and O–H groups in total. The second kappa shape index (κ2) is 7.76. The summed E-state index contributed by atoms with van der Waals surface area (Å²) in [4.78, 5) is 5.67. The van der Waals surface area contributed by atoms with Crippen LogP contribution >= 0.6 is 0 Å². The van der Waals surface area contributed by atoms with Crippen LogP contribution in [0.4, 0.5) is 19.0 Å². The molecule has 0 amide bonds. The molecule has 1 unspecified atom stereocenters. The Morgan fingerprint density at radius 2 is 1.84 bits per heavy atom. The second-order valence-corrected chi connectivity index (χ2v) is 5.91. The number of rotatable bonds is 3. The Morgan fingerprint density at radius 3 is 2.44 bits per heavy atom. The van der Waals surface area contributed by atoms with Gasteiger partial charge in [0.2, 0.25) is 0 Å². The van der Waals surface area contributed by atoms with Crippen LogP contribution in [0.15, 0.2) is 36.5 Å². The lowest BCUT2D eigenvalue weighted by Crippen LogP contribution is -2.26. The summed E-state index contributed by atoms with van der Waals surface area (Å²) in [5.74, 6) is -2.59. The average molecular weight is 352 g/mol. The van der Waals surface area contributed by atoms with Crippen LogP contribution in [0.3, 0.4) is 0 Å². The van der Waals surface area contributed by atoms with E-state index in [2.05, 4.69) is 4.98 Å². The summed E-state index contributed by atoms with van der Waals surface area (Å²) in [5, 5.41) is 0. The van der Waals surface area contributed by atoms with Crippen LogP contribution in [0.25, 0.3) is 0 Å². The van der Waals surface area contributed by atoms with Crippen LogP contribution in [0.1, 0.15) is 26.3 Å². The molecule has 0 spiro atoms. The molecule has 0 saturated carbocycles. The van der Waals surface area contributed by atoms with Crippen molar-refractivity contribution in [2.75, 3.05) is 18.0 Å². The van der Waals surface area contributed by atoms with E-state index in [4.69, 9.17) is 4.74 Å². The fourth-order valence-electron chi connectivity index (χ4n) is 2.52. The van der Waals surface area contributed by atoms with Crippen molar-refractivity contribution in [1.82, 2.24) is 4.98 Å². The van der Waals surface area contributed by atoms with Crippen molar-refractivity contribution in [3.8, 4) is 11.5 Å². The topological polar surface area (TPSA) is 25.4 Å². The lowest BCUT2D eigenvalue weighted by Gasteiger charge is -2.17. The van der Waals surface area contributed by atoms with Crippen LogP contribution in [0.5, 0.6) is 11.5 Å². The molecule has 1 fully saturated rings. The first kappa shape index (κ1) is 19.1. The Hall–Kier alpha value is -2.24. The highest BCUT2D eigenvalue weighted by Gasteiger charge is 2.45. The minimum Gasteiger partial charge on any atom is -0.457 e. The first-order chi connectivity index (χ1) is 11.8. The number of benzene rings is 1. The van der Waals surface area contributed by atoms with E-state index < -0.39 is 11.8 Å². The van der Waals surface area contributed by atoms with Crippen molar-refractivity contribution in [3.05, 3.63) is 47.9 Å². The van der Waals surface area contributed by atoms with Gasteiger partial charge in [-0.15, -0.1) is 0 Å². The van der Waals surface area contributed by atoms with E-state index in [1.54, 1.807) is 31.2 Å². The van der Waals surface area contributed by atoms with Crippen LogP contribution < -0.4 is 9.64 Å². The summed E-state index contributed by atoms with van der Waals surface area (Å²) in [7, 11) is 0. The van der Waals surface area contributed by atoms with Gasteiger partial charge in [0, 0.05) is 30.8 Å².